The van der Waals surface area contributed by atoms with Crippen LogP contribution in [0.15, 0.2) is 78.9 Å². The van der Waals surface area contributed by atoms with Crippen LogP contribution < -0.4 is 11.5 Å². The lowest BCUT2D eigenvalue weighted by atomic mass is 9.98. The number of pyridine rings is 1. The van der Waals surface area contributed by atoms with Crippen LogP contribution in [-0.2, 0) is 0 Å². The van der Waals surface area contributed by atoms with Crippen LogP contribution in [0.5, 0.6) is 0 Å². The van der Waals surface area contributed by atoms with E-state index in [0.717, 1.165) is 44.7 Å². The van der Waals surface area contributed by atoms with E-state index in [-0.39, 0.29) is 0 Å². The standard InChI is InChI=1S/C21H17N3/c22-16-8-4-7-15(11-16)21-13-18(14-5-2-1-3-6-14)19-12-17(23)9-10-20(19)24-21/h1-13H,22-23H2. The topological polar surface area (TPSA) is 64.9 Å². The monoisotopic (exact) mass is 311 g/mol. The highest BCUT2D eigenvalue weighted by molar-refractivity contribution is 5.98. The van der Waals surface area contributed by atoms with Gasteiger partial charge in [-0.1, -0.05) is 42.5 Å². The van der Waals surface area contributed by atoms with Crippen molar-refractivity contribution >= 4 is 22.3 Å². The Morgan fingerprint density at radius 3 is 2.17 bits per heavy atom. The van der Waals surface area contributed by atoms with Crippen molar-refractivity contribution in [2.24, 2.45) is 0 Å². The Bertz CT molecular complexity index is 1020. The molecule has 0 saturated carbocycles. The van der Waals surface area contributed by atoms with Gasteiger partial charge in [0, 0.05) is 22.3 Å². The predicted molar refractivity (Wildman–Crippen MR) is 101 cm³/mol. The number of hydrogen-bond donors (Lipinski definition) is 2. The molecule has 1 aromatic heterocycles. The quantitative estimate of drug-likeness (QED) is 0.526. The second kappa shape index (κ2) is 5.70. The summed E-state index contributed by atoms with van der Waals surface area (Å²) < 4.78 is 0. The molecule has 24 heavy (non-hydrogen) atoms. The highest BCUT2D eigenvalue weighted by atomic mass is 14.7. The van der Waals surface area contributed by atoms with Gasteiger partial charge in [-0.3, -0.25) is 0 Å². The van der Waals surface area contributed by atoms with Gasteiger partial charge in [0.2, 0.25) is 0 Å². The van der Waals surface area contributed by atoms with Gasteiger partial charge < -0.3 is 11.5 Å². The fourth-order valence-electron chi connectivity index (χ4n) is 2.95. The summed E-state index contributed by atoms with van der Waals surface area (Å²) in [6.07, 6.45) is 0. The molecular formula is C21H17N3. The van der Waals surface area contributed by atoms with E-state index in [0.29, 0.717) is 0 Å². The Hall–Kier alpha value is -3.33. The molecule has 1 heterocycles. The summed E-state index contributed by atoms with van der Waals surface area (Å²) in [7, 11) is 0. The van der Waals surface area contributed by atoms with Gasteiger partial charge in [-0.05, 0) is 47.5 Å². The average molecular weight is 311 g/mol. The van der Waals surface area contributed by atoms with Crippen LogP contribution in [-0.4, -0.2) is 4.98 Å². The SMILES string of the molecule is Nc1cccc(-c2cc(-c3ccccc3)c3cc(N)ccc3n2)c1. The first-order valence-electron chi connectivity index (χ1n) is 7.82. The maximum atomic E-state index is 6.00. The van der Waals surface area contributed by atoms with E-state index in [4.69, 9.17) is 16.5 Å². The predicted octanol–water partition coefficient (Wildman–Crippen LogP) is 4.73. The molecule has 0 aliphatic carbocycles. The highest BCUT2D eigenvalue weighted by Gasteiger charge is 2.10. The van der Waals surface area contributed by atoms with Crippen molar-refractivity contribution < 1.29 is 0 Å². The molecule has 0 bridgehead atoms. The Balaban J connectivity index is 2.03. The maximum absolute atomic E-state index is 6.00. The molecule has 4 aromatic rings. The second-order valence-corrected chi connectivity index (χ2v) is 5.82. The number of nitrogen functional groups attached to an aromatic ring is 2. The summed E-state index contributed by atoms with van der Waals surface area (Å²) >= 11 is 0. The first-order chi connectivity index (χ1) is 11.7. The van der Waals surface area contributed by atoms with E-state index >= 15 is 0 Å². The van der Waals surface area contributed by atoms with Crippen molar-refractivity contribution in [1.82, 2.24) is 4.98 Å². The molecule has 0 aliphatic heterocycles. The number of anilines is 2. The number of nitrogens with zero attached hydrogens (tertiary/aromatic N) is 1. The number of nitrogens with two attached hydrogens (primary N) is 2. The number of benzene rings is 3. The highest BCUT2D eigenvalue weighted by Crippen LogP contribution is 2.33. The number of hydrogen-bond acceptors (Lipinski definition) is 3. The fraction of sp³-hybridized carbons (Fsp3) is 0. The van der Waals surface area contributed by atoms with E-state index in [1.165, 1.54) is 0 Å². The number of rotatable bonds is 2. The average Bonchev–Trinajstić information content (AvgIpc) is 2.61. The van der Waals surface area contributed by atoms with E-state index in [1.807, 2.05) is 60.7 Å². The molecule has 0 unspecified atom stereocenters. The molecule has 3 aromatic carbocycles. The van der Waals surface area contributed by atoms with Crippen molar-refractivity contribution in [3.8, 4) is 22.4 Å². The third-order valence-corrected chi connectivity index (χ3v) is 4.10. The van der Waals surface area contributed by atoms with E-state index in [9.17, 15) is 0 Å². The minimum absolute atomic E-state index is 0.730. The molecular weight excluding hydrogens is 294 g/mol. The zero-order valence-electron chi connectivity index (χ0n) is 13.1. The zero-order chi connectivity index (χ0) is 16.5. The lowest BCUT2D eigenvalue weighted by Gasteiger charge is -2.11. The molecule has 0 atom stereocenters. The van der Waals surface area contributed by atoms with Gasteiger partial charge in [0.1, 0.15) is 0 Å². The van der Waals surface area contributed by atoms with E-state index in [2.05, 4.69) is 18.2 Å². The molecule has 0 spiro atoms. The number of aromatic nitrogens is 1. The summed E-state index contributed by atoms with van der Waals surface area (Å²) in [5, 5.41) is 1.05. The second-order valence-electron chi connectivity index (χ2n) is 5.82. The van der Waals surface area contributed by atoms with Gasteiger partial charge in [-0.15, -0.1) is 0 Å². The van der Waals surface area contributed by atoms with Crippen LogP contribution >= 0.6 is 0 Å². The fourth-order valence-corrected chi connectivity index (χ4v) is 2.95. The van der Waals surface area contributed by atoms with E-state index in [1.54, 1.807) is 0 Å². The van der Waals surface area contributed by atoms with Gasteiger partial charge in [-0.2, -0.15) is 0 Å². The third kappa shape index (κ3) is 2.57. The summed E-state index contributed by atoms with van der Waals surface area (Å²) in [5.41, 5.74) is 18.5. The summed E-state index contributed by atoms with van der Waals surface area (Å²) in [6, 6.07) is 26.0. The largest absolute Gasteiger partial charge is 0.399 e. The Morgan fingerprint density at radius 1 is 0.625 bits per heavy atom. The molecule has 0 fully saturated rings. The Morgan fingerprint density at radius 2 is 1.38 bits per heavy atom. The molecule has 116 valence electrons. The summed E-state index contributed by atoms with van der Waals surface area (Å²) in [5.74, 6) is 0. The van der Waals surface area contributed by atoms with Crippen molar-refractivity contribution in [2.45, 2.75) is 0 Å². The van der Waals surface area contributed by atoms with Crippen LogP contribution in [0.1, 0.15) is 0 Å². The Kier molecular flexibility index (Phi) is 3.39. The van der Waals surface area contributed by atoms with Gasteiger partial charge in [0.05, 0.1) is 11.2 Å². The third-order valence-electron chi connectivity index (χ3n) is 4.10. The van der Waals surface area contributed by atoms with Crippen LogP contribution in [0.25, 0.3) is 33.3 Å². The number of fused-ring (bicyclic) bond motifs is 1. The van der Waals surface area contributed by atoms with Gasteiger partial charge >= 0.3 is 0 Å². The molecule has 0 aliphatic rings. The molecule has 3 heteroatoms. The molecule has 0 radical (unpaired) electrons. The lowest BCUT2D eigenvalue weighted by Crippen LogP contribution is -1.93. The van der Waals surface area contributed by atoms with Crippen molar-refractivity contribution in [2.75, 3.05) is 11.5 Å². The molecule has 4 rings (SSSR count). The van der Waals surface area contributed by atoms with Crippen LogP contribution in [0.4, 0.5) is 11.4 Å². The zero-order valence-corrected chi connectivity index (χ0v) is 13.1. The first kappa shape index (κ1) is 14.3. The summed E-state index contributed by atoms with van der Waals surface area (Å²) in [4.78, 5) is 4.80. The summed E-state index contributed by atoms with van der Waals surface area (Å²) in [6.45, 7) is 0. The minimum Gasteiger partial charge on any atom is -0.399 e. The van der Waals surface area contributed by atoms with Crippen LogP contribution in [0.3, 0.4) is 0 Å². The molecule has 4 N–H and O–H groups in total. The van der Waals surface area contributed by atoms with Gasteiger partial charge in [0.25, 0.3) is 0 Å². The minimum atomic E-state index is 0.730. The molecule has 3 nitrogen and oxygen atoms in total. The van der Waals surface area contributed by atoms with Gasteiger partial charge in [-0.25, -0.2) is 4.98 Å². The molecule has 0 amide bonds. The van der Waals surface area contributed by atoms with Gasteiger partial charge in [0.15, 0.2) is 0 Å². The maximum Gasteiger partial charge on any atom is 0.0717 e. The van der Waals surface area contributed by atoms with E-state index < -0.39 is 0 Å². The van der Waals surface area contributed by atoms with Crippen LogP contribution in [0.2, 0.25) is 0 Å². The van der Waals surface area contributed by atoms with Crippen molar-refractivity contribution in [3.63, 3.8) is 0 Å². The van der Waals surface area contributed by atoms with Crippen molar-refractivity contribution in [3.05, 3.63) is 78.9 Å². The lowest BCUT2D eigenvalue weighted by molar-refractivity contribution is 1.40. The molecule has 0 saturated heterocycles. The Labute approximate surface area is 140 Å². The normalized spacial score (nSPS) is 10.8. The van der Waals surface area contributed by atoms with Crippen LogP contribution in [0, 0.1) is 0 Å². The smallest absolute Gasteiger partial charge is 0.0717 e. The van der Waals surface area contributed by atoms with Crippen molar-refractivity contribution in [1.29, 1.82) is 0 Å². The first-order valence-corrected chi connectivity index (χ1v) is 7.82.